The normalized spacial score (nSPS) is 17.4. The number of pyridine rings is 2. The Morgan fingerprint density at radius 1 is 1.03 bits per heavy atom. The molecule has 2 unspecified atom stereocenters. The van der Waals surface area contributed by atoms with E-state index in [4.69, 9.17) is 0 Å². The van der Waals surface area contributed by atoms with E-state index in [9.17, 15) is 13.6 Å². The lowest BCUT2D eigenvalue weighted by Crippen LogP contribution is -2.35. The smallest absolute Gasteiger partial charge is 0.387 e. The zero-order valence-electron chi connectivity index (χ0n) is 16.8. The summed E-state index contributed by atoms with van der Waals surface area (Å²) in [4.78, 5) is 25.3. The molecule has 1 aliphatic heterocycles. The van der Waals surface area contributed by atoms with E-state index in [0.717, 1.165) is 16.7 Å². The summed E-state index contributed by atoms with van der Waals surface area (Å²) in [6.07, 6.45) is 6.90. The highest BCUT2D eigenvalue weighted by Crippen LogP contribution is 2.26. The number of benzene rings is 1. The molecule has 160 valence electrons. The molecule has 3 aromatic rings. The number of halogens is 2. The maximum absolute atomic E-state index is 13.2. The first-order valence-corrected chi connectivity index (χ1v) is 9.93. The lowest BCUT2D eigenvalue weighted by Gasteiger charge is -2.23. The molecular weight excluding hydrogens is 402 g/mol. The number of aromatic nitrogens is 2. The average molecular weight is 424 g/mol. The second-order valence-corrected chi connectivity index (χ2v) is 7.39. The second kappa shape index (κ2) is 9.61. The monoisotopic (exact) mass is 424 g/mol. The Balaban J connectivity index is 1.42. The zero-order valence-corrected chi connectivity index (χ0v) is 16.8. The van der Waals surface area contributed by atoms with Crippen molar-refractivity contribution >= 4 is 5.91 Å². The van der Waals surface area contributed by atoms with Gasteiger partial charge in [-0.1, -0.05) is 24.3 Å². The molecule has 6 nitrogen and oxygen atoms in total. The summed E-state index contributed by atoms with van der Waals surface area (Å²) in [6.45, 7) is -0.855. The van der Waals surface area contributed by atoms with Crippen molar-refractivity contribution in [2.75, 3.05) is 6.54 Å². The fourth-order valence-electron chi connectivity index (χ4n) is 3.49. The molecule has 1 amide bonds. The van der Waals surface area contributed by atoms with E-state index in [-0.39, 0.29) is 17.7 Å². The highest BCUT2D eigenvalue weighted by molar-refractivity contribution is 5.84. The molecule has 0 bridgehead atoms. The molecule has 0 radical (unpaired) electrons. The quantitative estimate of drug-likeness (QED) is 0.492. The Bertz CT molecular complexity index is 963. The molecule has 0 aliphatic carbocycles. The van der Waals surface area contributed by atoms with Gasteiger partial charge in [-0.05, 0) is 41.0 Å². The molecule has 0 N–H and O–H groups in total. The van der Waals surface area contributed by atoms with E-state index in [2.05, 4.69) is 14.7 Å². The van der Waals surface area contributed by atoms with Gasteiger partial charge in [-0.3, -0.25) is 19.7 Å². The second-order valence-electron chi connectivity index (χ2n) is 7.39. The summed E-state index contributed by atoms with van der Waals surface area (Å²) in [5.74, 6) is 0.139. The Hall–Kier alpha value is -3.39. The van der Waals surface area contributed by atoms with Crippen molar-refractivity contribution in [1.29, 1.82) is 0 Å². The van der Waals surface area contributed by atoms with Gasteiger partial charge >= 0.3 is 6.61 Å². The number of rotatable bonds is 9. The zero-order chi connectivity index (χ0) is 21.6. The summed E-state index contributed by atoms with van der Waals surface area (Å²) in [5.41, 5.74) is 2.71. The van der Waals surface area contributed by atoms with Crippen LogP contribution in [0.15, 0.2) is 73.3 Å². The van der Waals surface area contributed by atoms with E-state index >= 15 is 0 Å². The third kappa shape index (κ3) is 5.82. The Kier molecular flexibility index (Phi) is 6.47. The number of alkyl halides is 2. The average Bonchev–Trinajstić information content (AvgIpc) is 3.53. The van der Waals surface area contributed by atoms with Crippen molar-refractivity contribution in [2.24, 2.45) is 0 Å². The first kappa shape index (κ1) is 20.9. The number of carbonyl (C=O) groups excluding carboxylic acids is 1. The first-order chi connectivity index (χ1) is 15.1. The topological polar surface area (TPSA) is 58.3 Å². The number of ether oxygens (including phenoxy) is 1. The van der Waals surface area contributed by atoms with Gasteiger partial charge < -0.3 is 9.64 Å². The van der Waals surface area contributed by atoms with Gasteiger partial charge in [-0.15, -0.1) is 0 Å². The maximum atomic E-state index is 13.2. The molecule has 31 heavy (non-hydrogen) atoms. The Morgan fingerprint density at radius 3 is 2.26 bits per heavy atom. The van der Waals surface area contributed by atoms with E-state index in [0.29, 0.717) is 26.2 Å². The van der Waals surface area contributed by atoms with Crippen LogP contribution < -0.4 is 4.74 Å². The van der Waals surface area contributed by atoms with Gasteiger partial charge in [0.25, 0.3) is 0 Å². The maximum Gasteiger partial charge on any atom is 0.387 e. The Morgan fingerprint density at radius 2 is 1.68 bits per heavy atom. The minimum absolute atomic E-state index is 0.0210. The molecule has 1 aromatic carbocycles. The lowest BCUT2D eigenvalue weighted by atomic mass is 10.2. The van der Waals surface area contributed by atoms with Gasteiger partial charge in [0.2, 0.25) is 5.91 Å². The van der Waals surface area contributed by atoms with Crippen LogP contribution in [-0.2, 0) is 24.4 Å². The molecule has 1 fully saturated rings. The van der Waals surface area contributed by atoms with Crippen LogP contribution in [0.3, 0.4) is 0 Å². The fraction of sp³-hybridized carbons (Fsp3) is 0.261. The highest BCUT2D eigenvalue weighted by atomic mass is 19.3. The lowest BCUT2D eigenvalue weighted by molar-refractivity contribution is -0.132. The summed E-state index contributed by atoms with van der Waals surface area (Å²) in [6, 6.07) is 13.9. The van der Waals surface area contributed by atoms with Crippen LogP contribution >= 0.6 is 0 Å². The number of amides is 1. The minimum Gasteiger partial charge on any atom is -0.435 e. The Labute approximate surface area is 179 Å². The third-order valence-corrected chi connectivity index (χ3v) is 5.01. The van der Waals surface area contributed by atoms with E-state index in [1.54, 1.807) is 41.8 Å². The van der Waals surface area contributed by atoms with E-state index < -0.39 is 6.61 Å². The molecule has 1 aliphatic rings. The summed E-state index contributed by atoms with van der Waals surface area (Å²) in [5, 5.41) is 0. The molecule has 1 saturated heterocycles. The van der Waals surface area contributed by atoms with Crippen LogP contribution in [0, 0.1) is 0 Å². The van der Waals surface area contributed by atoms with Crippen LogP contribution in [-0.4, -0.2) is 44.9 Å². The van der Waals surface area contributed by atoms with Gasteiger partial charge in [0.1, 0.15) is 11.8 Å². The SMILES string of the molecule is O=C(C1CN1Cc1cccc(OC(F)F)c1)N(Cc1cccnc1)Cc1cccnc1. The van der Waals surface area contributed by atoms with E-state index in [1.165, 1.54) is 6.07 Å². The summed E-state index contributed by atoms with van der Waals surface area (Å²) in [7, 11) is 0. The van der Waals surface area contributed by atoms with Gasteiger partial charge in [0.15, 0.2) is 0 Å². The van der Waals surface area contributed by atoms with Crippen molar-refractivity contribution in [3.8, 4) is 5.75 Å². The number of hydrogen-bond acceptors (Lipinski definition) is 5. The molecule has 0 spiro atoms. The molecule has 8 heteroatoms. The third-order valence-electron chi connectivity index (χ3n) is 5.01. The van der Waals surface area contributed by atoms with Crippen molar-refractivity contribution in [3.05, 3.63) is 90.0 Å². The minimum atomic E-state index is -2.86. The predicted molar refractivity (Wildman–Crippen MR) is 110 cm³/mol. The highest BCUT2D eigenvalue weighted by Gasteiger charge is 2.42. The van der Waals surface area contributed by atoms with Gasteiger partial charge in [0, 0.05) is 51.0 Å². The number of carbonyl (C=O) groups is 1. The van der Waals surface area contributed by atoms with Crippen LogP contribution in [0.5, 0.6) is 5.75 Å². The van der Waals surface area contributed by atoms with E-state index in [1.807, 2.05) is 35.2 Å². The largest absolute Gasteiger partial charge is 0.435 e. The molecular formula is C23H22F2N4O2. The fourth-order valence-corrected chi connectivity index (χ4v) is 3.49. The molecule has 4 rings (SSSR count). The molecule has 2 aromatic heterocycles. The van der Waals surface area contributed by atoms with Crippen molar-refractivity contribution in [3.63, 3.8) is 0 Å². The molecule has 0 saturated carbocycles. The summed E-state index contributed by atoms with van der Waals surface area (Å²) < 4.78 is 29.4. The summed E-state index contributed by atoms with van der Waals surface area (Å²) >= 11 is 0. The van der Waals surface area contributed by atoms with Crippen LogP contribution in [0.4, 0.5) is 8.78 Å². The molecule has 3 heterocycles. The van der Waals surface area contributed by atoms with Crippen LogP contribution in [0.2, 0.25) is 0 Å². The standard InChI is InChI=1S/C23H22F2N4O2/c24-23(25)31-20-7-1-4-17(10-20)13-28-16-21(28)22(30)29(14-18-5-2-8-26-11-18)15-19-6-3-9-27-12-19/h1-12,21,23H,13-16H2. The van der Waals surface area contributed by atoms with Crippen LogP contribution in [0.25, 0.3) is 0 Å². The number of nitrogens with zero attached hydrogens (tertiary/aromatic N) is 4. The van der Waals surface area contributed by atoms with Crippen molar-refractivity contribution in [2.45, 2.75) is 32.3 Å². The van der Waals surface area contributed by atoms with Crippen molar-refractivity contribution in [1.82, 2.24) is 19.8 Å². The van der Waals surface area contributed by atoms with Gasteiger partial charge in [-0.25, -0.2) is 0 Å². The van der Waals surface area contributed by atoms with Gasteiger partial charge in [0.05, 0.1) is 0 Å². The predicted octanol–water partition coefficient (Wildman–Crippen LogP) is 3.49. The number of hydrogen-bond donors (Lipinski definition) is 0. The van der Waals surface area contributed by atoms with Gasteiger partial charge in [-0.2, -0.15) is 8.78 Å². The van der Waals surface area contributed by atoms with Crippen LogP contribution in [0.1, 0.15) is 16.7 Å². The van der Waals surface area contributed by atoms with Crippen molar-refractivity contribution < 1.29 is 18.3 Å². The first-order valence-electron chi connectivity index (χ1n) is 9.93. The molecule has 2 atom stereocenters.